The number of para-hydroxylation sites is 1. The van der Waals surface area contributed by atoms with Crippen LogP contribution in [0.4, 0.5) is 0 Å². The van der Waals surface area contributed by atoms with E-state index in [1.54, 1.807) is 0 Å². The Hall–Kier alpha value is -2.58. The summed E-state index contributed by atoms with van der Waals surface area (Å²) in [7, 11) is 0. The van der Waals surface area contributed by atoms with Gasteiger partial charge in [-0.1, -0.05) is 60.7 Å². The average molecular weight is 303 g/mol. The van der Waals surface area contributed by atoms with E-state index in [0.717, 1.165) is 21.9 Å². The van der Waals surface area contributed by atoms with Crippen molar-refractivity contribution in [3.05, 3.63) is 84.1 Å². The van der Waals surface area contributed by atoms with Gasteiger partial charge in [-0.2, -0.15) is 0 Å². The zero-order chi connectivity index (χ0) is 17.4. The number of H-pyrrole nitrogens is 1. The molecule has 0 aliphatic heterocycles. The van der Waals surface area contributed by atoms with Gasteiger partial charge >= 0.3 is 0 Å². The van der Waals surface area contributed by atoms with E-state index in [0.29, 0.717) is 5.69 Å². The van der Waals surface area contributed by atoms with Crippen LogP contribution in [-0.4, -0.2) is 4.98 Å². The van der Waals surface area contributed by atoms with Gasteiger partial charge in [0.2, 0.25) is 0 Å². The molecule has 2 heteroatoms. The number of aromatic amines is 1. The summed E-state index contributed by atoms with van der Waals surface area (Å²) in [5.74, 6) is 0. The Morgan fingerprint density at radius 2 is 1.70 bits per heavy atom. The SMILES string of the molecule is [2H][13C]([2H])(N[C@@H](C)c1cccc2ccccc12)c1cc2ccccc2[nH]1. The zero-order valence-corrected chi connectivity index (χ0v) is 13.0. The summed E-state index contributed by atoms with van der Waals surface area (Å²) in [6, 6.07) is 24.0. The molecule has 114 valence electrons. The Morgan fingerprint density at radius 1 is 0.957 bits per heavy atom. The summed E-state index contributed by atoms with van der Waals surface area (Å²) in [5, 5.41) is 6.48. The molecule has 0 aliphatic rings. The van der Waals surface area contributed by atoms with Crippen LogP contribution in [0.1, 0.15) is 27.0 Å². The second kappa shape index (κ2) is 5.90. The number of hydrogen-bond donors (Lipinski definition) is 2. The molecule has 0 fully saturated rings. The maximum absolute atomic E-state index is 8.51. The van der Waals surface area contributed by atoms with E-state index < -0.39 is 6.50 Å². The molecule has 4 aromatic rings. The van der Waals surface area contributed by atoms with E-state index in [1.807, 2.05) is 55.5 Å². The normalized spacial score (nSPS) is 14.7. The van der Waals surface area contributed by atoms with Gasteiger partial charge in [0.05, 0.1) is 0 Å². The van der Waals surface area contributed by atoms with Gasteiger partial charge in [-0.3, -0.25) is 0 Å². The standard InChI is InChI=1S/C21H20N2/c1-15(19-11-6-9-16-7-2-4-10-20(16)19)22-14-18-13-17-8-3-5-12-21(17)23-18/h2-13,15,22-23H,14H2,1H3/t15-/m0/s1/i14+1D2. The van der Waals surface area contributed by atoms with Crippen molar-refractivity contribution in [2.45, 2.75) is 19.5 Å². The maximum atomic E-state index is 8.51. The van der Waals surface area contributed by atoms with Crippen LogP contribution in [-0.2, 0) is 6.50 Å². The van der Waals surface area contributed by atoms with Gasteiger partial charge in [-0.25, -0.2) is 0 Å². The highest BCUT2D eigenvalue weighted by atomic mass is 15.1. The number of benzene rings is 3. The van der Waals surface area contributed by atoms with Crippen LogP contribution in [0.5, 0.6) is 0 Å². The molecule has 1 heterocycles. The first-order chi connectivity index (χ1) is 12.0. The highest BCUT2D eigenvalue weighted by molar-refractivity contribution is 5.86. The molecular formula is C21H20N2. The Bertz CT molecular complexity index is 998. The molecule has 23 heavy (non-hydrogen) atoms. The van der Waals surface area contributed by atoms with Gasteiger partial charge in [-0.05, 0) is 40.8 Å². The van der Waals surface area contributed by atoms with Crippen molar-refractivity contribution in [3.63, 3.8) is 0 Å². The van der Waals surface area contributed by atoms with E-state index >= 15 is 0 Å². The molecule has 0 bridgehead atoms. The van der Waals surface area contributed by atoms with Crippen molar-refractivity contribution >= 4 is 21.7 Å². The smallest absolute Gasteiger partial charge is 0.0495 e. The fourth-order valence-electron chi connectivity index (χ4n) is 3.03. The van der Waals surface area contributed by atoms with E-state index in [9.17, 15) is 0 Å². The molecule has 0 aliphatic carbocycles. The zero-order valence-electron chi connectivity index (χ0n) is 15.0. The Labute approximate surface area is 139 Å². The van der Waals surface area contributed by atoms with Crippen molar-refractivity contribution in [1.82, 2.24) is 10.3 Å². The van der Waals surface area contributed by atoms with Crippen molar-refractivity contribution in [1.29, 1.82) is 0 Å². The predicted molar refractivity (Wildman–Crippen MR) is 97.5 cm³/mol. The maximum Gasteiger partial charge on any atom is 0.0495 e. The average Bonchev–Trinajstić information content (AvgIpc) is 3.06. The molecule has 1 aromatic heterocycles. The minimum Gasteiger partial charge on any atom is -0.357 e. The van der Waals surface area contributed by atoms with Crippen LogP contribution in [0.15, 0.2) is 72.8 Å². The van der Waals surface area contributed by atoms with Crippen LogP contribution in [0.3, 0.4) is 0 Å². The molecule has 0 radical (unpaired) electrons. The van der Waals surface area contributed by atoms with Crippen LogP contribution >= 0.6 is 0 Å². The van der Waals surface area contributed by atoms with E-state index in [4.69, 9.17) is 2.74 Å². The van der Waals surface area contributed by atoms with Gasteiger partial charge in [0, 0.05) is 26.5 Å². The molecule has 2 nitrogen and oxygen atoms in total. The van der Waals surface area contributed by atoms with E-state index in [2.05, 4.69) is 34.6 Å². The third-order valence-electron chi connectivity index (χ3n) is 4.24. The lowest BCUT2D eigenvalue weighted by molar-refractivity contribution is 0.573. The molecule has 0 saturated carbocycles. The van der Waals surface area contributed by atoms with Crippen molar-refractivity contribution in [2.24, 2.45) is 0 Å². The number of rotatable bonds is 4. The predicted octanol–water partition coefficient (Wildman–Crippen LogP) is 5.17. The van der Waals surface area contributed by atoms with Gasteiger partial charge < -0.3 is 10.3 Å². The minimum absolute atomic E-state index is 0.132. The van der Waals surface area contributed by atoms with Gasteiger partial charge in [0.25, 0.3) is 0 Å². The first kappa shape index (κ1) is 11.9. The summed E-state index contributed by atoms with van der Waals surface area (Å²) >= 11 is 0. The van der Waals surface area contributed by atoms with Gasteiger partial charge in [0.15, 0.2) is 0 Å². The fourth-order valence-corrected chi connectivity index (χ4v) is 3.03. The van der Waals surface area contributed by atoms with Gasteiger partial charge in [0.1, 0.15) is 0 Å². The minimum atomic E-state index is -1.66. The summed E-state index contributed by atoms with van der Waals surface area (Å²) < 4.78 is 17.0. The number of aromatic nitrogens is 1. The van der Waals surface area contributed by atoms with E-state index in [-0.39, 0.29) is 6.04 Å². The lowest BCUT2D eigenvalue weighted by Gasteiger charge is -2.16. The number of nitrogens with one attached hydrogen (secondary N) is 2. The Kier molecular flexibility index (Phi) is 3.06. The first-order valence-electron chi connectivity index (χ1n) is 8.88. The van der Waals surface area contributed by atoms with Gasteiger partial charge in [-0.15, -0.1) is 0 Å². The van der Waals surface area contributed by atoms with Crippen LogP contribution in [0, 0.1) is 0 Å². The summed E-state index contributed by atoms with van der Waals surface area (Å²) in [4.78, 5) is 3.19. The molecule has 0 amide bonds. The molecular weight excluding hydrogens is 281 g/mol. The quantitative estimate of drug-likeness (QED) is 0.500. The molecule has 0 unspecified atom stereocenters. The van der Waals surface area contributed by atoms with Crippen molar-refractivity contribution in [3.8, 4) is 0 Å². The summed E-state index contributed by atoms with van der Waals surface area (Å²) in [5.41, 5.74) is 2.58. The second-order valence-electron chi connectivity index (χ2n) is 5.83. The number of hydrogen-bond acceptors (Lipinski definition) is 1. The van der Waals surface area contributed by atoms with E-state index in [1.165, 1.54) is 5.39 Å². The lowest BCUT2D eigenvalue weighted by atomic mass is 10.00. The number of fused-ring (bicyclic) bond motifs is 2. The van der Waals surface area contributed by atoms with Crippen LogP contribution in [0.25, 0.3) is 21.7 Å². The first-order valence-corrected chi connectivity index (χ1v) is 7.88. The van der Waals surface area contributed by atoms with Crippen LogP contribution < -0.4 is 5.32 Å². The van der Waals surface area contributed by atoms with Crippen molar-refractivity contribution < 1.29 is 2.74 Å². The molecule has 3 aromatic carbocycles. The third-order valence-corrected chi connectivity index (χ3v) is 4.24. The largest absolute Gasteiger partial charge is 0.357 e. The monoisotopic (exact) mass is 303 g/mol. The molecule has 0 saturated heterocycles. The highest BCUT2D eigenvalue weighted by Gasteiger charge is 2.09. The summed E-state index contributed by atoms with van der Waals surface area (Å²) in [6.45, 7) is 0.345. The van der Waals surface area contributed by atoms with Crippen LogP contribution in [0.2, 0.25) is 0 Å². The molecule has 0 spiro atoms. The lowest BCUT2D eigenvalue weighted by Crippen LogP contribution is -2.18. The molecule has 1 atom stereocenters. The fraction of sp³-hybridized carbons (Fsp3) is 0.143. The molecule has 4 rings (SSSR count). The van der Waals surface area contributed by atoms with Crippen molar-refractivity contribution in [2.75, 3.05) is 0 Å². The topological polar surface area (TPSA) is 27.8 Å². The third kappa shape index (κ3) is 2.73. The highest BCUT2D eigenvalue weighted by Crippen LogP contribution is 2.24. The molecule has 2 N–H and O–H groups in total. The summed E-state index contributed by atoms with van der Waals surface area (Å²) in [6.07, 6.45) is 0. The second-order valence-corrected chi connectivity index (χ2v) is 5.83. The Morgan fingerprint density at radius 3 is 2.57 bits per heavy atom. The Balaban J connectivity index is 1.67.